The molecule has 2 N–H and O–H groups in total. The predicted molar refractivity (Wildman–Crippen MR) is 74.8 cm³/mol. The molecule has 0 saturated carbocycles. The van der Waals surface area contributed by atoms with Gasteiger partial charge in [-0.2, -0.15) is 0 Å². The molecule has 1 fully saturated rings. The van der Waals surface area contributed by atoms with Crippen LogP contribution >= 0.6 is 0 Å². The molecular weight excluding hydrogens is 259 g/mol. The number of ether oxygens (including phenoxy) is 1. The van der Waals surface area contributed by atoms with Crippen LogP contribution in [0.5, 0.6) is 5.75 Å². The molecule has 2 atom stereocenters. The first-order valence-electron chi connectivity index (χ1n) is 6.98. The van der Waals surface area contributed by atoms with Crippen molar-refractivity contribution in [1.29, 1.82) is 0 Å². The van der Waals surface area contributed by atoms with Crippen LogP contribution in [0.1, 0.15) is 19.8 Å². The van der Waals surface area contributed by atoms with Gasteiger partial charge in [0, 0.05) is 19.1 Å². The summed E-state index contributed by atoms with van der Waals surface area (Å²) in [6, 6.07) is 6.17. The van der Waals surface area contributed by atoms with Gasteiger partial charge in [0.25, 0.3) is 5.91 Å². The van der Waals surface area contributed by atoms with Crippen LogP contribution in [0.4, 0.5) is 4.39 Å². The monoisotopic (exact) mass is 280 g/mol. The fourth-order valence-corrected chi connectivity index (χ4v) is 2.46. The maximum atomic E-state index is 13.4. The number of para-hydroxylation sites is 1. The average Bonchev–Trinajstić information content (AvgIpc) is 2.46. The van der Waals surface area contributed by atoms with Crippen LogP contribution < -0.4 is 10.5 Å². The fourth-order valence-electron chi connectivity index (χ4n) is 2.46. The second-order valence-corrected chi connectivity index (χ2v) is 5.32. The Hall–Kier alpha value is -1.62. The molecule has 0 aromatic heterocycles. The van der Waals surface area contributed by atoms with Gasteiger partial charge in [-0.15, -0.1) is 0 Å². The van der Waals surface area contributed by atoms with E-state index in [9.17, 15) is 9.18 Å². The van der Waals surface area contributed by atoms with E-state index in [0.717, 1.165) is 19.4 Å². The quantitative estimate of drug-likeness (QED) is 0.915. The third-order valence-corrected chi connectivity index (χ3v) is 3.74. The van der Waals surface area contributed by atoms with E-state index in [1.165, 1.54) is 12.1 Å². The van der Waals surface area contributed by atoms with Gasteiger partial charge >= 0.3 is 0 Å². The second kappa shape index (κ2) is 6.70. The van der Waals surface area contributed by atoms with E-state index in [2.05, 4.69) is 0 Å². The molecule has 4 nitrogen and oxygen atoms in total. The smallest absolute Gasteiger partial charge is 0.260 e. The largest absolute Gasteiger partial charge is 0.481 e. The molecule has 1 aliphatic heterocycles. The summed E-state index contributed by atoms with van der Waals surface area (Å²) >= 11 is 0. The minimum atomic E-state index is -0.451. The van der Waals surface area contributed by atoms with E-state index in [4.69, 9.17) is 10.5 Å². The number of nitrogens with two attached hydrogens (primary N) is 1. The number of hydrogen-bond acceptors (Lipinski definition) is 3. The standard InChI is InChI=1S/C15H21FN2O2/c1-11(17)12-5-4-8-18(9-12)15(19)10-20-14-7-3-2-6-13(14)16/h2-3,6-7,11-12H,4-5,8-10,17H2,1H3/t11-,12-/m0/s1. The highest BCUT2D eigenvalue weighted by Crippen LogP contribution is 2.19. The van der Waals surface area contributed by atoms with Gasteiger partial charge < -0.3 is 15.4 Å². The SMILES string of the molecule is C[C@H](N)[C@H]1CCCN(C(=O)COc2ccccc2F)C1. The normalized spacial score (nSPS) is 20.6. The van der Waals surface area contributed by atoms with E-state index < -0.39 is 5.82 Å². The van der Waals surface area contributed by atoms with E-state index in [1.807, 2.05) is 6.92 Å². The molecule has 1 aromatic rings. The van der Waals surface area contributed by atoms with E-state index in [1.54, 1.807) is 17.0 Å². The molecule has 1 saturated heterocycles. The number of benzene rings is 1. The molecule has 20 heavy (non-hydrogen) atoms. The first-order valence-corrected chi connectivity index (χ1v) is 6.98. The van der Waals surface area contributed by atoms with Crippen molar-refractivity contribution in [2.75, 3.05) is 19.7 Å². The summed E-state index contributed by atoms with van der Waals surface area (Å²) in [6.45, 7) is 3.22. The maximum absolute atomic E-state index is 13.4. The molecule has 0 aliphatic carbocycles. The molecule has 0 spiro atoms. The number of nitrogens with zero attached hydrogens (tertiary/aromatic N) is 1. The zero-order valence-electron chi connectivity index (χ0n) is 11.7. The Morgan fingerprint density at radius 2 is 2.30 bits per heavy atom. The Labute approximate surface area is 118 Å². The summed E-state index contributed by atoms with van der Waals surface area (Å²) in [7, 11) is 0. The minimum Gasteiger partial charge on any atom is -0.481 e. The van der Waals surface area contributed by atoms with Gasteiger partial charge in [0.2, 0.25) is 0 Å². The lowest BCUT2D eigenvalue weighted by atomic mass is 9.92. The van der Waals surface area contributed by atoms with Gasteiger partial charge in [-0.05, 0) is 37.8 Å². The number of rotatable bonds is 4. The van der Waals surface area contributed by atoms with Crippen molar-refractivity contribution in [1.82, 2.24) is 4.90 Å². The number of hydrogen-bond donors (Lipinski definition) is 1. The summed E-state index contributed by atoms with van der Waals surface area (Å²) in [5.41, 5.74) is 5.90. The lowest BCUT2D eigenvalue weighted by Gasteiger charge is -2.34. The minimum absolute atomic E-state index is 0.0816. The second-order valence-electron chi connectivity index (χ2n) is 5.32. The zero-order valence-corrected chi connectivity index (χ0v) is 11.7. The summed E-state index contributed by atoms with van der Waals surface area (Å²) in [4.78, 5) is 13.9. The van der Waals surface area contributed by atoms with Crippen molar-refractivity contribution in [2.45, 2.75) is 25.8 Å². The molecular formula is C15H21FN2O2. The van der Waals surface area contributed by atoms with Crippen LogP contribution in [0, 0.1) is 11.7 Å². The van der Waals surface area contributed by atoms with Gasteiger partial charge in [-0.3, -0.25) is 4.79 Å². The number of amides is 1. The summed E-state index contributed by atoms with van der Waals surface area (Å²) in [6.07, 6.45) is 2.01. The highest BCUT2D eigenvalue weighted by Gasteiger charge is 2.26. The Kier molecular flexibility index (Phi) is 4.95. The van der Waals surface area contributed by atoms with Crippen molar-refractivity contribution in [2.24, 2.45) is 11.7 Å². The Balaban J connectivity index is 1.87. The molecule has 5 heteroatoms. The first-order chi connectivity index (χ1) is 9.58. The Morgan fingerprint density at radius 3 is 3.00 bits per heavy atom. The van der Waals surface area contributed by atoms with Crippen LogP contribution in [0.15, 0.2) is 24.3 Å². The first kappa shape index (κ1) is 14.8. The van der Waals surface area contributed by atoms with Gasteiger partial charge in [-0.25, -0.2) is 4.39 Å². The lowest BCUT2D eigenvalue weighted by molar-refractivity contribution is -0.135. The zero-order chi connectivity index (χ0) is 14.5. The fraction of sp³-hybridized carbons (Fsp3) is 0.533. The highest BCUT2D eigenvalue weighted by atomic mass is 19.1. The highest BCUT2D eigenvalue weighted by molar-refractivity contribution is 5.77. The number of halogens is 1. The van der Waals surface area contributed by atoms with Crippen molar-refractivity contribution in [3.8, 4) is 5.75 Å². The van der Waals surface area contributed by atoms with Crippen LogP contribution in [0.2, 0.25) is 0 Å². The van der Waals surface area contributed by atoms with Gasteiger partial charge in [0.05, 0.1) is 0 Å². The van der Waals surface area contributed by atoms with Crippen LogP contribution in [0.3, 0.4) is 0 Å². The van der Waals surface area contributed by atoms with E-state index in [0.29, 0.717) is 12.5 Å². The maximum Gasteiger partial charge on any atom is 0.260 e. The van der Waals surface area contributed by atoms with Crippen LogP contribution in [0.25, 0.3) is 0 Å². The number of carbonyl (C=O) groups excluding carboxylic acids is 1. The molecule has 0 radical (unpaired) electrons. The van der Waals surface area contributed by atoms with Crippen LogP contribution in [-0.4, -0.2) is 36.5 Å². The van der Waals surface area contributed by atoms with E-state index >= 15 is 0 Å². The molecule has 1 amide bonds. The van der Waals surface area contributed by atoms with Crippen LogP contribution in [-0.2, 0) is 4.79 Å². The molecule has 110 valence electrons. The van der Waals surface area contributed by atoms with Gasteiger partial charge in [0.15, 0.2) is 18.2 Å². The lowest BCUT2D eigenvalue weighted by Crippen LogP contribution is -2.46. The molecule has 1 heterocycles. The van der Waals surface area contributed by atoms with Crippen molar-refractivity contribution >= 4 is 5.91 Å². The molecule has 0 bridgehead atoms. The Morgan fingerprint density at radius 1 is 1.55 bits per heavy atom. The van der Waals surface area contributed by atoms with Gasteiger partial charge in [0.1, 0.15) is 0 Å². The summed E-state index contributed by atoms with van der Waals surface area (Å²) in [5.74, 6) is -0.117. The molecule has 1 aromatic carbocycles. The third kappa shape index (κ3) is 3.70. The molecule has 2 rings (SSSR count). The number of piperidine rings is 1. The predicted octanol–water partition coefficient (Wildman–Crippen LogP) is 1.79. The van der Waals surface area contributed by atoms with Crippen molar-refractivity contribution in [3.63, 3.8) is 0 Å². The van der Waals surface area contributed by atoms with E-state index in [-0.39, 0.29) is 24.3 Å². The van der Waals surface area contributed by atoms with Gasteiger partial charge in [-0.1, -0.05) is 12.1 Å². The molecule has 1 aliphatic rings. The summed E-state index contributed by atoms with van der Waals surface area (Å²) in [5, 5.41) is 0. The average molecular weight is 280 g/mol. The number of carbonyl (C=O) groups is 1. The topological polar surface area (TPSA) is 55.6 Å². The number of likely N-dealkylation sites (tertiary alicyclic amines) is 1. The summed E-state index contributed by atoms with van der Waals surface area (Å²) < 4.78 is 18.6. The third-order valence-electron chi connectivity index (χ3n) is 3.74. The van der Waals surface area contributed by atoms with Crippen molar-refractivity contribution in [3.05, 3.63) is 30.1 Å². The Bertz CT molecular complexity index is 465. The molecule has 0 unspecified atom stereocenters. The van der Waals surface area contributed by atoms with Crippen molar-refractivity contribution < 1.29 is 13.9 Å².